The number of nitrogens with zero attached hydrogens (tertiary/aromatic N) is 1. The molecule has 3 heteroatoms. The minimum atomic E-state index is 0.727. The topological polar surface area (TPSA) is 24.9 Å². The number of hydrogen-bond acceptors (Lipinski definition) is 3. The molecule has 2 saturated carbocycles. The van der Waals surface area contributed by atoms with Crippen LogP contribution in [0.5, 0.6) is 0 Å². The van der Waals surface area contributed by atoms with Crippen LogP contribution in [0.3, 0.4) is 0 Å². The molecule has 0 spiro atoms. The number of nitrogens with one attached hydrogen (secondary N) is 1. The van der Waals surface area contributed by atoms with E-state index in [0.29, 0.717) is 0 Å². The van der Waals surface area contributed by atoms with Crippen molar-refractivity contribution in [2.75, 3.05) is 6.54 Å². The van der Waals surface area contributed by atoms with Gasteiger partial charge in [-0.05, 0) is 38.1 Å². The van der Waals surface area contributed by atoms with Gasteiger partial charge in [0.1, 0.15) is 0 Å². The van der Waals surface area contributed by atoms with Crippen LogP contribution in [0.1, 0.15) is 86.2 Å². The maximum atomic E-state index is 5.07. The molecule has 0 aromatic carbocycles. The predicted molar refractivity (Wildman–Crippen MR) is 86.5 cm³/mol. The van der Waals surface area contributed by atoms with Crippen molar-refractivity contribution in [2.45, 2.75) is 77.2 Å². The summed E-state index contributed by atoms with van der Waals surface area (Å²) in [4.78, 5) is 6.61. The Hall–Kier alpha value is -0.410. The summed E-state index contributed by atoms with van der Waals surface area (Å²) in [5.74, 6) is 2.29. The molecule has 2 fully saturated rings. The van der Waals surface area contributed by atoms with E-state index in [1.165, 1.54) is 60.5 Å². The van der Waals surface area contributed by atoms with Crippen LogP contribution < -0.4 is 5.32 Å². The van der Waals surface area contributed by atoms with Gasteiger partial charge in [0.2, 0.25) is 0 Å². The van der Waals surface area contributed by atoms with E-state index < -0.39 is 0 Å². The molecular weight excluding hydrogens is 264 g/mol. The van der Waals surface area contributed by atoms with E-state index in [9.17, 15) is 0 Å². The Morgan fingerprint density at radius 1 is 1.10 bits per heavy atom. The van der Waals surface area contributed by atoms with Crippen molar-refractivity contribution in [3.8, 4) is 0 Å². The lowest BCUT2D eigenvalue weighted by Gasteiger charge is -2.18. The second-order valence-electron chi connectivity index (χ2n) is 6.99. The van der Waals surface area contributed by atoms with Crippen molar-refractivity contribution in [3.63, 3.8) is 0 Å². The minimum absolute atomic E-state index is 0.727. The van der Waals surface area contributed by atoms with E-state index in [1.54, 1.807) is 0 Å². The fourth-order valence-electron chi connectivity index (χ4n) is 3.18. The molecule has 1 aromatic heterocycles. The van der Waals surface area contributed by atoms with Crippen LogP contribution in [0.15, 0.2) is 0 Å². The highest BCUT2D eigenvalue weighted by Crippen LogP contribution is 2.45. The first-order valence-electron chi connectivity index (χ1n) is 8.44. The minimum Gasteiger partial charge on any atom is -0.312 e. The van der Waals surface area contributed by atoms with Gasteiger partial charge in [0.05, 0.1) is 10.7 Å². The highest BCUT2D eigenvalue weighted by Gasteiger charge is 2.31. The Balaban J connectivity index is 1.68. The lowest BCUT2D eigenvalue weighted by Crippen LogP contribution is -2.18. The molecule has 112 valence electrons. The average molecular weight is 292 g/mol. The zero-order valence-corrected chi connectivity index (χ0v) is 13.8. The zero-order chi connectivity index (χ0) is 13.9. The average Bonchev–Trinajstić information content (AvgIpc) is 3.20. The third-order valence-corrected chi connectivity index (χ3v) is 5.73. The molecule has 0 atom stereocenters. The van der Waals surface area contributed by atoms with Gasteiger partial charge in [-0.2, -0.15) is 0 Å². The number of thiazole rings is 1. The van der Waals surface area contributed by atoms with E-state index >= 15 is 0 Å². The number of rotatable bonds is 6. The SMILES string of the molecule is CC(C)CNCc1sc(C2CCCCC2)nc1C1CC1. The standard InChI is InChI=1S/C17H28N2S/c1-12(2)10-18-11-15-16(13-8-9-13)19-17(20-15)14-6-4-3-5-7-14/h12-14,18H,3-11H2,1-2H3. The summed E-state index contributed by atoms with van der Waals surface area (Å²) in [6.45, 7) is 6.69. The van der Waals surface area contributed by atoms with Gasteiger partial charge in [-0.25, -0.2) is 4.98 Å². The molecule has 2 nitrogen and oxygen atoms in total. The van der Waals surface area contributed by atoms with Crippen LogP contribution in [-0.2, 0) is 6.54 Å². The monoisotopic (exact) mass is 292 g/mol. The smallest absolute Gasteiger partial charge is 0.0962 e. The van der Waals surface area contributed by atoms with Crippen LogP contribution in [0.4, 0.5) is 0 Å². The maximum Gasteiger partial charge on any atom is 0.0962 e. The summed E-state index contributed by atoms with van der Waals surface area (Å²) in [5, 5.41) is 5.06. The summed E-state index contributed by atoms with van der Waals surface area (Å²) in [7, 11) is 0. The molecule has 2 aliphatic carbocycles. The van der Waals surface area contributed by atoms with Gasteiger partial charge in [0.15, 0.2) is 0 Å². The fraction of sp³-hybridized carbons (Fsp3) is 0.824. The Morgan fingerprint density at radius 3 is 2.50 bits per heavy atom. The summed E-state index contributed by atoms with van der Waals surface area (Å²) in [6.07, 6.45) is 9.72. The quantitative estimate of drug-likeness (QED) is 0.813. The van der Waals surface area contributed by atoms with E-state index in [0.717, 1.165) is 30.8 Å². The molecule has 2 aliphatic rings. The second-order valence-corrected chi connectivity index (χ2v) is 8.11. The number of aromatic nitrogens is 1. The maximum absolute atomic E-state index is 5.07. The van der Waals surface area contributed by atoms with Gasteiger partial charge < -0.3 is 5.32 Å². The highest BCUT2D eigenvalue weighted by atomic mass is 32.1. The first-order chi connectivity index (χ1) is 9.74. The summed E-state index contributed by atoms with van der Waals surface area (Å²) in [6, 6.07) is 0. The van der Waals surface area contributed by atoms with Crippen molar-refractivity contribution >= 4 is 11.3 Å². The molecule has 20 heavy (non-hydrogen) atoms. The molecule has 1 N–H and O–H groups in total. The first kappa shape index (κ1) is 14.5. The van der Waals surface area contributed by atoms with E-state index in [1.807, 2.05) is 11.3 Å². The van der Waals surface area contributed by atoms with Crippen LogP contribution in [0, 0.1) is 5.92 Å². The lowest BCUT2D eigenvalue weighted by molar-refractivity contribution is 0.442. The third kappa shape index (κ3) is 3.62. The van der Waals surface area contributed by atoms with Crippen molar-refractivity contribution in [2.24, 2.45) is 5.92 Å². The van der Waals surface area contributed by atoms with Crippen molar-refractivity contribution in [3.05, 3.63) is 15.6 Å². The van der Waals surface area contributed by atoms with Crippen LogP contribution in [0.2, 0.25) is 0 Å². The largest absolute Gasteiger partial charge is 0.312 e. The van der Waals surface area contributed by atoms with Crippen molar-refractivity contribution < 1.29 is 0 Å². The van der Waals surface area contributed by atoms with Gasteiger partial charge in [-0.1, -0.05) is 33.1 Å². The highest BCUT2D eigenvalue weighted by molar-refractivity contribution is 7.11. The van der Waals surface area contributed by atoms with Crippen LogP contribution in [0.25, 0.3) is 0 Å². The van der Waals surface area contributed by atoms with Crippen LogP contribution >= 0.6 is 11.3 Å². The van der Waals surface area contributed by atoms with Gasteiger partial charge in [0.25, 0.3) is 0 Å². The fourth-order valence-corrected chi connectivity index (χ4v) is 4.47. The molecule has 3 rings (SSSR count). The molecule has 0 amide bonds. The molecule has 0 bridgehead atoms. The first-order valence-corrected chi connectivity index (χ1v) is 9.26. The third-order valence-electron chi connectivity index (χ3n) is 4.50. The summed E-state index contributed by atoms with van der Waals surface area (Å²) >= 11 is 2.01. The second kappa shape index (κ2) is 6.57. The normalized spacial score (nSPS) is 20.8. The predicted octanol–water partition coefficient (Wildman–Crippen LogP) is 4.81. The molecule has 0 unspecified atom stereocenters. The van der Waals surface area contributed by atoms with Crippen molar-refractivity contribution in [1.29, 1.82) is 0 Å². The summed E-state index contributed by atoms with van der Waals surface area (Å²) < 4.78 is 0. The molecule has 0 radical (unpaired) electrons. The molecule has 0 aliphatic heterocycles. The molecule has 0 saturated heterocycles. The van der Waals surface area contributed by atoms with Gasteiger partial charge in [0, 0.05) is 23.3 Å². The lowest BCUT2D eigenvalue weighted by atomic mass is 9.90. The Morgan fingerprint density at radius 2 is 1.85 bits per heavy atom. The van der Waals surface area contributed by atoms with E-state index in [-0.39, 0.29) is 0 Å². The molecule has 1 aromatic rings. The Kier molecular flexibility index (Phi) is 4.77. The van der Waals surface area contributed by atoms with Gasteiger partial charge >= 0.3 is 0 Å². The van der Waals surface area contributed by atoms with Gasteiger partial charge in [-0.15, -0.1) is 11.3 Å². The van der Waals surface area contributed by atoms with Crippen LogP contribution in [-0.4, -0.2) is 11.5 Å². The molecular formula is C17H28N2S. The van der Waals surface area contributed by atoms with Crippen molar-refractivity contribution in [1.82, 2.24) is 10.3 Å². The van der Waals surface area contributed by atoms with E-state index in [4.69, 9.17) is 4.98 Å². The summed E-state index contributed by atoms with van der Waals surface area (Å²) in [5.41, 5.74) is 1.45. The zero-order valence-electron chi connectivity index (χ0n) is 13.0. The van der Waals surface area contributed by atoms with Gasteiger partial charge in [-0.3, -0.25) is 0 Å². The number of hydrogen-bond donors (Lipinski definition) is 1. The van der Waals surface area contributed by atoms with E-state index in [2.05, 4.69) is 19.2 Å². The Bertz CT molecular complexity index is 428. The molecule has 1 heterocycles. The Labute approximate surface area is 127 Å².